The summed E-state index contributed by atoms with van der Waals surface area (Å²) < 4.78 is 49.6. The number of aromatic nitrogens is 3. The summed E-state index contributed by atoms with van der Waals surface area (Å²) >= 11 is 0. The zero-order chi connectivity index (χ0) is 21.3. The van der Waals surface area contributed by atoms with Gasteiger partial charge < -0.3 is 14.5 Å². The Morgan fingerprint density at radius 3 is 2.80 bits per heavy atom. The molecule has 1 aliphatic carbocycles. The summed E-state index contributed by atoms with van der Waals surface area (Å²) in [6.07, 6.45) is -0.0554. The molecular weight excluding hydrogens is 401 g/mol. The van der Waals surface area contributed by atoms with Crippen LogP contribution in [0.2, 0.25) is 0 Å². The maximum atomic E-state index is 13.0. The smallest absolute Gasteiger partial charge is 0.433 e. The normalized spacial score (nSPS) is 16.1. The van der Waals surface area contributed by atoms with Crippen molar-refractivity contribution in [3.05, 3.63) is 59.4 Å². The number of ether oxygens (including phenoxy) is 1. The summed E-state index contributed by atoms with van der Waals surface area (Å²) in [5.74, 6) is 0.606. The van der Waals surface area contributed by atoms with E-state index in [1.165, 1.54) is 25.4 Å². The first-order valence-corrected chi connectivity index (χ1v) is 9.19. The summed E-state index contributed by atoms with van der Waals surface area (Å²) in [7, 11) is 1.46. The molecule has 0 spiro atoms. The van der Waals surface area contributed by atoms with Crippen molar-refractivity contribution in [1.29, 1.82) is 0 Å². The summed E-state index contributed by atoms with van der Waals surface area (Å²) in [6, 6.07) is 4.97. The molecular formula is C20H17F3N4O3. The average molecular weight is 418 g/mol. The first kappa shape index (κ1) is 19.9. The van der Waals surface area contributed by atoms with Crippen LogP contribution in [0, 0.1) is 0 Å². The van der Waals surface area contributed by atoms with Crippen LogP contribution >= 0.6 is 0 Å². The Morgan fingerprint density at radius 2 is 2.03 bits per heavy atom. The van der Waals surface area contributed by atoms with Crippen LogP contribution in [0.5, 0.6) is 5.88 Å². The molecule has 0 fully saturated rings. The van der Waals surface area contributed by atoms with E-state index in [9.17, 15) is 18.0 Å². The third kappa shape index (κ3) is 3.98. The van der Waals surface area contributed by atoms with E-state index in [0.29, 0.717) is 35.7 Å². The molecule has 0 saturated carbocycles. The Kier molecular flexibility index (Phi) is 5.15. The second-order valence-electron chi connectivity index (χ2n) is 6.76. The Hall–Kier alpha value is -3.43. The molecule has 10 heteroatoms. The number of nitrogens with zero attached hydrogens (tertiary/aromatic N) is 3. The van der Waals surface area contributed by atoms with Gasteiger partial charge in [0.05, 0.1) is 13.2 Å². The number of carbonyl (C=O) groups is 1. The Bertz CT molecular complexity index is 1080. The van der Waals surface area contributed by atoms with Gasteiger partial charge in [0.15, 0.2) is 0 Å². The quantitative estimate of drug-likeness (QED) is 0.690. The highest BCUT2D eigenvalue weighted by atomic mass is 19.4. The second kappa shape index (κ2) is 7.77. The van der Waals surface area contributed by atoms with Crippen LogP contribution in [-0.2, 0) is 12.6 Å². The average Bonchev–Trinajstić information content (AvgIpc) is 3.19. The standard InChI is InChI=1S/C20H17F3N4O3/c1-29-16-10-11(5-8-25-16)18(28)26-13-3-2-4-14-17(13)27-19(30-14)12-6-7-24-15(9-12)20(21,22)23/h5-10,13H,2-4H2,1H3,(H,26,28)/t13-/m1/s1. The van der Waals surface area contributed by atoms with Crippen molar-refractivity contribution in [1.82, 2.24) is 20.3 Å². The molecule has 1 N–H and O–H groups in total. The molecule has 3 heterocycles. The number of hydrogen-bond donors (Lipinski definition) is 1. The van der Waals surface area contributed by atoms with Gasteiger partial charge in [-0.2, -0.15) is 13.2 Å². The van der Waals surface area contributed by atoms with Crippen LogP contribution in [0.1, 0.15) is 46.4 Å². The first-order chi connectivity index (χ1) is 14.3. The van der Waals surface area contributed by atoms with Crippen molar-refractivity contribution < 1.29 is 27.1 Å². The van der Waals surface area contributed by atoms with Gasteiger partial charge in [-0.1, -0.05) is 0 Å². The summed E-state index contributed by atoms with van der Waals surface area (Å²) in [5, 5.41) is 2.91. The summed E-state index contributed by atoms with van der Waals surface area (Å²) in [4.78, 5) is 24.4. The van der Waals surface area contributed by atoms with Crippen LogP contribution in [0.15, 0.2) is 41.1 Å². The third-order valence-electron chi connectivity index (χ3n) is 4.76. The van der Waals surface area contributed by atoms with Crippen LogP contribution in [0.3, 0.4) is 0 Å². The molecule has 0 saturated heterocycles. The SMILES string of the molecule is COc1cc(C(=O)N[C@@H]2CCCc3oc(-c4ccnc(C(F)(F)F)c4)nc32)ccn1. The van der Waals surface area contributed by atoms with Gasteiger partial charge in [0.2, 0.25) is 11.8 Å². The molecule has 4 rings (SSSR count). The fourth-order valence-corrected chi connectivity index (χ4v) is 3.30. The number of methoxy groups -OCH3 is 1. The van der Waals surface area contributed by atoms with Gasteiger partial charge in [-0.15, -0.1) is 0 Å². The molecule has 0 unspecified atom stereocenters. The predicted octanol–water partition coefficient (Wildman–Crippen LogP) is 3.97. The van der Waals surface area contributed by atoms with Crippen molar-refractivity contribution in [3.63, 3.8) is 0 Å². The van der Waals surface area contributed by atoms with Gasteiger partial charge in [-0.3, -0.25) is 9.78 Å². The van der Waals surface area contributed by atoms with Gasteiger partial charge in [0, 0.05) is 36.0 Å². The number of nitrogens with one attached hydrogen (secondary N) is 1. The largest absolute Gasteiger partial charge is 0.481 e. The van der Waals surface area contributed by atoms with Gasteiger partial charge in [-0.05, 0) is 31.0 Å². The number of alkyl halides is 3. The lowest BCUT2D eigenvalue weighted by Gasteiger charge is -2.21. The number of aryl methyl sites for hydroxylation is 1. The van der Waals surface area contributed by atoms with Crippen LogP contribution in [0.25, 0.3) is 11.5 Å². The monoisotopic (exact) mass is 418 g/mol. The minimum atomic E-state index is -4.57. The fourth-order valence-electron chi connectivity index (χ4n) is 3.30. The van der Waals surface area contributed by atoms with E-state index in [-0.39, 0.29) is 17.4 Å². The number of hydrogen-bond acceptors (Lipinski definition) is 6. The van der Waals surface area contributed by atoms with E-state index >= 15 is 0 Å². The lowest BCUT2D eigenvalue weighted by Crippen LogP contribution is -2.31. The number of rotatable bonds is 4. The van der Waals surface area contributed by atoms with Gasteiger partial charge in [0.25, 0.3) is 5.91 Å². The van der Waals surface area contributed by atoms with Crippen molar-refractivity contribution in [2.45, 2.75) is 31.5 Å². The highest BCUT2D eigenvalue weighted by Crippen LogP contribution is 2.35. The number of carbonyl (C=O) groups excluding carboxylic acids is 1. The number of amides is 1. The van der Waals surface area contributed by atoms with E-state index in [4.69, 9.17) is 9.15 Å². The molecule has 1 atom stereocenters. The fraction of sp³-hybridized carbons (Fsp3) is 0.300. The van der Waals surface area contributed by atoms with Crippen molar-refractivity contribution in [3.8, 4) is 17.3 Å². The molecule has 0 aliphatic heterocycles. The van der Waals surface area contributed by atoms with E-state index < -0.39 is 17.9 Å². The van der Waals surface area contributed by atoms with Gasteiger partial charge in [-0.25, -0.2) is 9.97 Å². The maximum Gasteiger partial charge on any atom is 0.433 e. The van der Waals surface area contributed by atoms with Crippen LogP contribution in [0.4, 0.5) is 13.2 Å². The molecule has 0 aromatic carbocycles. The van der Waals surface area contributed by atoms with E-state index in [1.54, 1.807) is 6.07 Å². The molecule has 30 heavy (non-hydrogen) atoms. The number of halogens is 3. The van der Waals surface area contributed by atoms with E-state index in [0.717, 1.165) is 18.7 Å². The van der Waals surface area contributed by atoms with E-state index in [1.807, 2.05) is 0 Å². The molecule has 1 aliphatic rings. The second-order valence-corrected chi connectivity index (χ2v) is 6.76. The van der Waals surface area contributed by atoms with Crippen LogP contribution in [-0.4, -0.2) is 28.0 Å². The lowest BCUT2D eigenvalue weighted by atomic mass is 9.96. The number of fused-ring (bicyclic) bond motifs is 1. The summed E-state index contributed by atoms with van der Waals surface area (Å²) in [6.45, 7) is 0. The van der Waals surface area contributed by atoms with Crippen molar-refractivity contribution in [2.24, 2.45) is 0 Å². The summed E-state index contributed by atoms with van der Waals surface area (Å²) in [5.41, 5.74) is 0.0565. The molecule has 156 valence electrons. The topological polar surface area (TPSA) is 90.1 Å². The Labute approximate surface area is 169 Å². The van der Waals surface area contributed by atoms with Crippen molar-refractivity contribution in [2.75, 3.05) is 7.11 Å². The molecule has 7 nitrogen and oxygen atoms in total. The maximum absolute atomic E-state index is 13.0. The zero-order valence-corrected chi connectivity index (χ0v) is 15.9. The van der Waals surface area contributed by atoms with Crippen LogP contribution < -0.4 is 10.1 Å². The molecule has 3 aromatic rings. The number of pyridine rings is 2. The van der Waals surface area contributed by atoms with E-state index in [2.05, 4.69) is 20.3 Å². The third-order valence-corrected chi connectivity index (χ3v) is 4.76. The number of oxazole rings is 1. The predicted molar refractivity (Wildman–Crippen MR) is 98.7 cm³/mol. The zero-order valence-electron chi connectivity index (χ0n) is 15.9. The Morgan fingerprint density at radius 1 is 1.23 bits per heavy atom. The molecule has 3 aromatic heterocycles. The molecule has 1 amide bonds. The lowest BCUT2D eigenvalue weighted by molar-refractivity contribution is -0.141. The first-order valence-electron chi connectivity index (χ1n) is 9.19. The van der Waals surface area contributed by atoms with Gasteiger partial charge in [0.1, 0.15) is 17.1 Å². The minimum Gasteiger partial charge on any atom is -0.481 e. The molecule has 0 radical (unpaired) electrons. The van der Waals surface area contributed by atoms with Gasteiger partial charge >= 0.3 is 6.18 Å². The highest BCUT2D eigenvalue weighted by Gasteiger charge is 2.33. The van der Waals surface area contributed by atoms with Crippen molar-refractivity contribution >= 4 is 5.91 Å². The highest BCUT2D eigenvalue weighted by molar-refractivity contribution is 5.94. The minimum absolute atomic E-state index is 0.0691. The Balaban J connectivity index is 1.59. The molecule has 0 bridgehead atoms.